The molecule has 0 rings (SSSR count). The van der Waals surface area contributed by atoms with E-state index in [-0.39, 0.29) is 44.2 Å². The molecule has 1 N–H and O–H groups in total. The molecule has 6 heteroatoms. The van der Waals surface area contributed by atoms with Crippen LogP contribution in [0.15, 0.2) is 11.8 Å². The fraction of sp³-hybridized carbons (Fsp3) is 0.500. The van der Waals surface area contributed by atoms with E-state index in [1.54, 1.807) is 13.8 Å². The molecule has 0 unspecified atom stereocenters. The standard InChI is InChI=1S/C8H12O5.Na.H/c1-3-12-7(10)6(5-9)8(11)13-4-2;;/h5,9H,3-4H2,1-2H3;;/q;+1;-1. The molecule has 0 bridgehead atoms. The zero-order chi connectivity index (χ0) is 10.3. The molecule has 0 aromatic heterocycles. The normalized spacial score (nSPS) is 8.14. The van der Waals surface area contributed by atoms with Gasteiger partial charge >= 0.3 is 41.5 Å². The summed E-state index contributed by atoms with van der Waals surface area (Å²) in [4.78, 5) is 21.9. The molecule has 0 saturated heterocycles. The second-order valence-electron chi connectivity index (χ2n) is 1.98. The summed E-state index contributed by atoms with van der Waals surface area (Å²) >= 11 is 0. The van der Waals surface area contributed by atoms with E-state index in [9.17, 15) is 9.59 Å². The summed E-state index contributed by atoms with van der Waals surface area (Å²) in [6.45, 7) is 3.46. The van der Waals surface area contributed by atoms with Gasteiger partial charge in [-0.15, -0.1) is 0 Å². The van der Waals surface area contributed by atoms with Crippen molar-refractivity contribution in [3.05, 3.63) is 11.8 Å². The van der Waals surface area contributed by atoms with Gasteiger partial charge in [0.05, 0.1) is 13.2 Å². The summed E-state index contributed by atoms with van der Waals surface area (Å²) < 4.78 is 8.99. The smallest absolute Gasteiger partial charge is 1.00 e. The van der Waals surface area contributed by atoms with Gasteiger partial charge in [0, 0.05) is 0 Å². The van der Waals surface area contributed by atoms with Gasteiger partial charge in [-0.05, 0) is 13.8 Å². The van der Waals surface area contributed by atoms with Gasteiger partial charge in [-0.2, -0.15) is 0 Å². The van der Waals surface area contributed by atoms with Crippen molar-refractivity contribution < 1.29 is 55.2 Å². The van der Waals surface area contributed by atoms with Gasteiger partial charge in [-0.1, -0.05) is 0 Å². The third kappa shape index (κ3) is 5.26. The van der Waals surface area contributed by atoms with Crippen LogP contribution in [-0.4, -0.2) is 30.3 Å². The Morgan fingerprint density at radius 3 is 1.79 bits per heavy atom. The molecule has 5 nitrogen and oxygen atoms in total. The number of esters is 2. The first-order chi connectivity index (χ1) is 6.17. The molecule has 0 aliphatic heterocycles. The van der Waals surface area contributed by atoms with Gasteiger partial charge in [0.15, 0.2) is 5.57 Å². The first kappa shape index (κ1) is 15.9. The number of ether oxygens (including phenoxy) is 2. The van der Waals surface area contributed by atoms with Crippen molar-refractivity contribution in [2.45, 2.75) is 13.8 Å². The Kier molecular flexibility index (Phi) is 10.3. The van der Waals surface area contributed by atoms with E-state index in [1.165, 1.54) is 0 Å². The van der Waals surface area contributed by atoms with E-state index in [1.807, 2.05) is 0 Å². The van der Waals surface area contributed by atoms with Crippen molar-refractivity contribution >= 4 is 11.9 Å². The molecule has 14 heavy (non-hydrogen) atoms. The van der Waals surface area contributed by atoms with Gasteiger partial charge in [-0.3, -0.25) is 0 Å². The van der Waals surface area contributed by atoms with Crippen LogP contribution in [0.1, 0.15) is 15.3 Å². The minimum Gasteiger partial charge on any atom is -1.00 e. The SMILES string of the molecule is CCOC(=O)C(=CO)C(=O)OCC.[H-].[Na+]. The second kappa shape index (κ2) is 9.05. The molecule has 0 heterocycles. The summed E-state index contributed by atoms with van der Waals surface area (Å²) in [5, 5.41) is 8.56. The zero-order valence-corrected chi connectivity index (χ0v) is 10.6. The Hall–Kier alpha value is -0.520. The molecule has 0 aromatic rings. The Labute approximate surface area is 106 Å². The summed E-state index contributed by atoms with van der Waals surface area (Å²) in [7, 11) is 0. The van der Waals surface area contributed by atoms with Gasteiger partial charge in [0.25, 0.3) is 0 Å². The van der Waals surface area contributed by atoms with Crippen molar-refractivity contribution in [3.8, 4) is 0 Å². The van der Waals surface area contributed by atoms with Crippen molar-refractivity contribution in [2.75, 3.05) is 13.2 Å². The maximum Gasteiger partial charge on any atom is 1.00 e. The third-order valence-electron chi connectivity index (χ3n) is 1.12. The summed E-state index contributed by atoms with van der Waals surface area (Å²) in [6.07, 6.45) is 0.385. The monoisotopic (exact) mass is 212 g/mol. The molecule has 0 saturated carbocycles. The zero-order valence-electron chi connectivity index (χ0n) is 9.57. The van der Waals surface area contributed by atoms with Crippen LogP contribution >= 0.6 is 0 Å². The first-order valence-electron chi connectivity index (χ1n) is 3.85. The van der Waals surface area contributed by atoms with Crippen molar-refractivity contribution in [2.24, 2.45) is 0 Å². The van der Waals surface area contributed by atoms with Crippen LogP contribution in [0.4, 0.5) is 0 Å². The molecule has 0 fully saturated rings. The van der Waals surface area contributed by atoms with Crippen molar-refractivity contribution in [3.63, 3.8) is 0 Å². The van der Waals surface area contributed by atoms with Crippen LogP contribution in [0.3, 0.4) is 0 Å². The Bertz CT molecular complexity index is 209. The van der Waals surface area contributed by atoms with Gasteiger partial charge in [0.1, 0.15) is 6.26 Å². The molecule has 76 valence electrons. The second-order valence-corrected chi connectivity index (χ2v) is 1.98. The maximum absolute atomic E-state index is 10.9. The van der Waals surface area contributed by atoms with E-state index in [4.69, 9.17) is 5.11 Å². The molecule has 0 radical (unpaired) electrons. The Balaban J connectivity index is -0.000000720. The average Bonchev–Trinajstić information content (AvgIpc) is 2.06. The molecule has 0 spiro atoms. The van der Waals surface area contributed by atoms with Crippen LogP contribution in [0.2, 0.25) is 0 Å². The Morgan fingerprint density at radius 2 is 1.57 bits per heavy atom. The van der Waals surface area contributed by atoms with Crippen LogP contribution < -0.4 is 29.6 Å². The third-order valence-corrected chi connectivity index (χ3v) is 1.12. The maximum atomic E-state index is 10.9. The molecule has 0 aliphatic carbocycles. The van der Waals surface area contributed by atoms with Gasteiger partial charge < -0.3 is 16.0 Å². The van der Waals surface area contributed by atoms with Gasteiger partial charge in [-0.25, -0.2) is 9.59 Å². The predicted octanol–water partition coefficient (Wildman–Crippen LogP) is -2.33. The fourth-order valence-electron chi connectivity index (χ4n) is 0.606. The molecule has 0 aromatic carbocycles. The summed E-state index contributed by atoms with van der Waals surface area (Å²) in [6, 6.07) is 0. The number of hydrogen-bond donors (Lipinski definition) is 1. The molecule has 0 atom stereocenters. The summed E-state index contributed by atoms with van der Waals surface area (Å²) in [5.41, 5.74) is -0.497. The van der Waals surface area contributed by atoms with Crippen LogP contribution in [0.5, 0.6) is 0 Å². The van der Waals surface area contributed by atoms with Gasteiger partial charge in [0.2, 0.25) is 0 Å². The molecular formula is C8H13NaO5. The van der Waals surface area contributed by atoms with E-state index in [2.05, 4.69) is 9.47 Å². The number of carbonyl (C=O) groups is 2. The predicted molar refractivity (Wildman–Crippen MR) is 45.1 cm³/mol. The minimum atomic E-state index is -0.886. The molecule has 0 aliphatic rings. The number of rotatable bonds is 4. The fourth-order valence-corrected chi connectivity index (χ4v) is 0.606. The summed E-state index contributed by atoms with van der Waals surface area (Å²) in [5.74, 6) is -1.77. The molecule has 0 amide bonds. The Morgan fingerprint density at radius 1 is 1.21 bits per heavy atom. The van der Waals surface area contributed by atoms with E-state index in [0.29, 0.717) is 6.26 Å². The quantitative estimate of drug-likeness (QED) is 0.141. The van der Waals surface area contributed by atoms with E-state index >= 15 is 0 Å². The van der Waals surface area contributed by atoms with E-state index in [0.717, 1.165) is 0 Å². The number of aliphatic hydroxyl groups is 1. The first-order valence-corrected chi connectivity index (χ1v) is 3.85. The molecular weight excluding hydrogens is 199 g/mol. The van der Waals surface area contributed by atoms with Crippen LogP contribution in [0.25, 0.3) is 0 Å². The number of carbonyl (C=O) groups excluding carboxylic acids is 2. The average molecular weight is 212 g/mol. The van der Waals surface area contributed by atoms with Crippen LogP contribution in [-0.2, 0) is 19.1 Å². The minimum absolute atomic E-state index is 0. The number of aliphatic hydroxyl groups excluding tert-OH is 1. The van der Waals surface area contributed by atoms with Crippen molar-refractivity contribution in [1.82, 2.24) is 0 Å². The van der Waals surface area contributed by atoms with Crippen molar-refractivity contribution in [1.29, 1.82) is 0 Å². The van der Waals surface area contributed by atoms with Crippen LogP contribution in [0, 0.1) is 0 Å². The van der Waals surface area contributed by atoms with E-state index < -0.39 is 17.5 Å². The largest absolute Gasteiger partial charge is 1.00 e. The topological polar surface area (TPSA) is 72.8 Å². The number of hydrogen-bond acceptors (Lipinski definition) is 5.